The molecule has 0 aliphatic heterocycles. The van der Waals surface area contributed by atoms with Crippen molar-refractivity contribution in [3.05, 3.63) is 40.4 Å². The second-order valence-electron chi connectivity index (χ2n) is 3.72. The summed E-state index contributed by atoms with van der Waals surface area (Å²) in [5.74, 6) is 5.34. The number of rotatable bonds is 3. The molecule has 0 aliphatic carbocycles. The number of aryl methyl sites for hydroxylation is 2. The molecule has 16 heavy (non-hydrogen) atoms. The number of hydrogen-bond donors (Lipinski definition) is 2. The number of hydrogen-bond acceptors (Lipinski definition) is 4. The van der Waals surface area contributed by atoms with Gasteiger partial charge >= 0.3 is 0 Å². The van der Waals surface area contributed by atoms with Crippen LogP contribution in [0, 0.1) is 13.8 Å². The van der Waals surface area contributed by atoms with Gasteiger partial charge in [-0.3, -0.25) is 11.3 Å². The van der Waals surface area contributed by atoms with Gasteiger partial charge in [0.2, 0.25) is 0 Å². The van der Waals surface area contributed by atoms with E-state index in [-0.39, 0.29) is 0 Å². The van der Waals surface area contributed by atoms with E-state index in [0.29, 0.717) is 6.54 Å². The highest BCUT2D eigenvalue weighted by Crippen LogP contribution is 2.29. The first kappa shape index (κ1) is 11.3. The zero-order valence-electron chi connectivity index (χ0n) is 9.45. The normalized spacial score (nSPS) is 10.7. The lowest BCUT2D eigenvalue weighted by Crippen LogP contribution is -2.20. The summed E-state index contributed by atoms with van der Waals surface area (Å²) in [6.45, 7) is 4.80. The molecule has 1 aromatic heterocycles. The topological polar surface area (TPSA) is 50.9 Å². The Morgan fingerprint density at radius 1 is 1.31 bits per heavy atom. The molecule has 0 saturated heterocycles. The summed E-state index contributed by atoms with van der Waals surface area (Å²) in [5.41, 5.74) is 6.19. The summed E-state index contributed by atoms with van der Waals surface area (Å²) in [7, 11) is 0. The van der Waals surface area contributed by atoms with E-state index in [1.54, 1.807) is 11.3 Å². The van der Waals surface area contributed by atoms with E-state index in [1.807, 2.05) is 19.1 Å². The molecule has 0 atom stereocenters. The zero-order valence-corrected chi connectivity index (χ0v) is 10.3. The quantitative estimate of drug-likeness (QED) is 0.632. The minimum absolute atomic E-state index is 0.676. The Morgan fingerprint density at radius 3 is 2.75 bits per heavy atom. The average molecular weight is 233 g/mol. The molecule has 0 saturated carbocycles. The Kier molecular flexibility index (Phi) is 3.33. The Morgan fingerprint density at radius 2 is 2.06 bits per heavy atom. The molecular formula is C12H15N3S. The molecule has 0 radical (unpaired) electrons. The Bertz CT molecular complexity index is 491. The van der Waals surface area contributed by atoms with Crippen LogP contribution in [0.1, 0.15) is 16.1 Å². The molecule has 1 heterocycles. The second-order valence-corrected chi connectivity index (χ2v) is 4.81. The molecule has 0 amide bonds. The number of benzene rings is 1. The smallest absolute Gasteiger partial charge is 0.124 e. The molecule has 3 N–H and O–H groups in total. The van der Waals surface area contributed by atoms with Crippen LogP contribution in [0.25, 0.3) is 10.6 Å². The van der Waals surface area contributed by atoms with Crippen molar-refractivity contribution in [3.8, 4) is 10.6 Å². The standard InChI is InChI=1S/C12H15N3S/c1-8-5-3-4-6-10(8)12-15-9(2)11(16-12)7-14-13/h3-6,14H,7,13H2,1-2H3. The Balaban J connectivity index is 2.42. The van der Waals surface area contributed by atoms with Gasteiger partial charge in [-0.05, 0) is 19.4 Å². The van der Waals surface area contributed by atoms with Gasteiger partial charge in [0.05, 0.1) is 5.69 Å². The van der Waals surface area contributed by atoms with Gasteiger partial charge in [-0.15, -0.1) is 11.3 Å². The molecule has 3 nitrogen and oxygen atoms in total. The van der Waals surface area contributed by atoms with Gasteiger partial charge in [0.25, 0.3) is 0 Å². The third-order valence-corrected chi connectivity index (χ3v) is 3.72. The highest BCUT2D eigenvalue weighted by molar-refractivity contribution is 7.15. The fourth-order valence-electron chi connectivity index (χ4n) is 1.61. The monoisotopic (exact) mass is 233 g/mol. The lowest BCUT2D eigenvalue weighted by atomic mass is 10.1. The molecule has 1 aromatic carbocycles. The molecule has 0 bridgehead atoms. The fourth-order valence-corrected chi connectivity index (χ4v) is 2.72. The summed E-state index contributed by atoms with van der Waals surface area (Å²) in [6.07, 6.45) is 0. The zero-order chi connectivity index (χ0) is 11.5. The van der Waals surface area contributed by atoms with Crippen molar-refractivity contribution in [2.24, 2.45) is 5.84 Å². The van der Waals surface area contributed by atoms with Crippen molar-refractivity contribution in [1.82, 2.24) is 10.4 Å². The molecule has 2 rings (SSSR count). The lowest BCUT2D eigenvalue weighted by Gasteiger charge is -1.99. The van der Waals surface area contributed by atoms with Gasteiger partial charge in [0.1, 0.15) is 5.01 Å². The maximum absolute atomic E-state index is 5.34. The van der Waals surface area contributed by atoms with Gasteiger partial charge < -0.3 is 0 Å². The van der Waals surface area contributed by atoms with Gasteiger partial charge in [-0.25, -0.2) is 4.98 Å². The van der Waals surface area contributed by atoms with Crippen molar-refractivity contribution in [1.29, 1.82) is 0 Å². The third-order valence-electron chi connectivity index (χ3n) is 2.53. The maximum atomic E-state index is 5.34. The average Bonchev–Trinajstić information content (AvgIpc) is 2.61. The van der Waals surface area contributed by atoms with E-state index in [1.165, 1.54) is 16.0 Å². The Hall–Kier alpha value is -1.23. The van der Waals surface area contributed by atoms with Crippen LogP contribution in [0.4, 0.5) is 0 Å². The van der Waals surface area contributed by atoms with Gasteiger partial charge in [-0.2, -0.15) is 0 Å². The number of aromatic nitrogens is 1. The van der Waals surface area contributed by atoms with Crippen molar-refractivity contribution < 1.29 is 0 Å². The van der Waals surface area contributed by atoms with Crippen LogP contribution >= 0.6 is 11.3 Å². The maximum Gasteiger partial charge on any atom is 0.124 e. The number of thiazole rings is 1. The number of hydrazine groups is 1. The summed E-state index contributed by atoms with van der Waals surface area (Å²) in [6, 6.07) is 8.29. The van der Waals surface area contributed by atoms with Gasteiger partial charge in [0.15, 0.2) is 0 Å². The summed E-state index contributed by atoms with van der Waals surface area (Å²) in [5, 5.41) is 1.07. The van der Waals surface area contributed by atoms with Crippen molar-refractivity contribution in [2.75, 3.05) is 0 Å². The molecule has 84 valence electrons. The van der Waals surface area contributed by atoms with Crippen LogP contribution in [0.3, 0.4) is 0 Å². The Labute approximate surface area is 99.3 Å². The van der Waals surface area contributed by atoms with Crippen LogP contribution in [0.2, 0.25) is 0 Å². The largest absolute Gasteiger partial charge is 0.271 e. The van der Waals surface area contributed by atoms with Gasteiger partial charge in [0, 0.05) is 17.0 Å². The van der Waals surface area contributed by atoms with Crippen LogP contribution in [0.15, 0.2) is 24.3 Å². The van der Waals surface area contributed by atoms with E-state index in [9.17, 15) is 0 Å². The van der Waals surface area contributed by atoms with Crippen LogP contribution in [-0.4, -0.2) is 4.98 Å². The lowest BCUT2D eigenvalue weighted by molar-refractivity contribution is 0.746. The number of nitrogens with one attached hydrogen (secondary N) is 1. The number of nitrogens with zero attached hydrogens (tertiary/aromatic N) is 1. The van der Waals surface area contributed by atoms with Crippen molar-refractivity contribution >= 4 is 11.3 Å². The summed E-state index contributed by atoms with van der Waals surface area (Å²) < 4.78 is 0. The highest BCUT2D eigenvalue weighted by Gasteiger charge is 2.09. The number of nitrogens with two attached hydrogens (primary N) is 1. The summed E-state index contributed by atoms with van der Waals surface area (Å²) in [4.78, 5) is 5.78. The summed E-state index contributed by atoms with van der Waals surface area (Å²) >= 11 is 1.70. The third kappa shape index (κ3) is 2.14. The predicted octanol–water partition coefficient (Wildman–Crippen LogP) is 2.39. The molecule has 0 fully saturated rings. The first-order valence-corrected chi connectivity index (χ1v) is 6.00. The molecule has 4 heteroatoms. The molecule has 0 aliphatic rings. The van der Waals surface area contributed by atoms with E-state index in [4.69, 9.17) is 5.84 Å². The van der Waals surface area contributed by atoms with Crippen molar-refractivity contribution in [3.63, 3.8) is 0 Å². The first-order valence-electron chi connectivity index (χ1n) is 5.18. The molecule has 2 aromatic rings. The van der Waals surface area contributed by atoms with Crippen LogP contribution < -0.4 is 11.3 Å². The van der Waals surface area contributed by atoms with Crippen LogP contribution in [-0.2, 0) is 6.54 Å². The first-order chi connectivity index (χ1) is 7.72. The SMILES string of the molecule is Cc1ccccc1-c1nc(C)c(CNN)s1. The molecule has 0 unspecified atom stereocenters. The van der Waals surface area contributed by atoms with E-state index >= 15 is 0 Å². The van der Waals surface area contributed by atoms with E-state index in [2.05, 4.69) is 29.5 Å². The molecular weight excluding hydrogens is 218 g/mol. The van der Waals surface area contributed by atoms with Crippen LogP contribution in [0.5, 0.6) is 0 Å². The van der Waals surface area contributed by atoms with E-state index < -0.39 is 0 Å². The second kappa shape index (κ2) is 4.74. The minimum atomic E-state index is 0.676. The van der Waals surface area contributed by atoms with Gasteiger partial charge in [-0.1, -0.05) is 24.3 Å². The fraction of sp³-hybridized carbons (Fsp3) is 0.250. The highest BCUT2D eigenvalue weighted by atomic mass is 32.1. The minimum Gasteiger partial charge on any atom is -0.271 e. The molecule has 0 spiro atoms. The van der Waals surface area contributed by atoms with Crippen molar-refractivity contribution in [2.45, 2.75) is 20.4 Å². The predicted molar refractivity (Wildman–Crippen MR) is 68.1 cm³/mol. The van der Waals surface area contributed by atoms with E-state index in [0.717, 1.165) is 10.7 Å².